The summed E-state index contributed by atoms with van der Waals surface area (Å²) in [6, 6.07) is 0. The van der Waals surface area contributed by atoms with E-state index in [1.807, 2.05) is 0 Å². The predicted octanol–water partition coefficient (Wildman–Crippen LogP) is 0.0440. The molecular formula is C11H22N2O5S. The van der Waals surface area contributed by atoms with E-state index < -0.39 is 22.1 Å². The Morgan fingerprint density at radius 2 is 2.21 bits per heavy atom. The Balaban J connectivity index is 2.41. The Labute approximate surface area is 114 Å². The molecule has 1 fully saturated rings. The highest BCUT2D eigenvalue weighted by atomic mass is 32.2. The number of carbonyl (C=O) groups is 1. The van der Waals surface area contributed by atoms with E-state index in [4.69, 9.17) is 9.84 Å². The van der Waals surface area contributed by atoms with Crippen LogP contribution in [0.25, 0.3) is 0 Å². The van der Waals surface area contributed by atoms with Gasteiger partial charge in [-0.1, -0.05) is 0 Å². The van der Waals surface area contributed by atoms with Gasteiger partial charge in [0.25, 0.3) is 10.2 Å². The van der Waals surface area contributed by atoms with Gasteiger partial charge in [-0.25, -0.2) is 4.72 Å². The lowest BCUT2D eigenvalue weighted by Crippen LogP contribution is -2.47. The molecule has 0 radical (unpaired) electrons. The minimum atomic E-state index is -3.56. The highest BCUT2D eigenvalue weighted by molar-refractivity contribution is 7.87. The summed E-state index contributed by atoms with van der Waals surface area (Å²) in [6.45, 7) is 1.40. The van der Waals surface area contributed by atoms with Crippen molar-refractivity contribution in [2.75, 3.05) is 33.4 Å². The number of hydrogen-bond acceptors (Lipinski definition) is 4. The van der Waals surface area contributed by atoms with Crippen LogP contribution in [-0.2, 0) is 19.7 Å². The second-order valence-corrected chi connectivity index (χ2v) is 6.39. The van der Waals surface area contributed by atoms with Crippen molar-refractivity contribution in [1.29, 1.82) is 0 Å². The van der Waals surface area contributed by atoms with Crippen molar-refractivity contribution in [3.05, 3.63) is 0 Å². The molecule has 0 spiro atoms. The average molecular weight is 294 g/mol. The zero-order chi connectivity index (χ0) is 14.3. The second-order valence-electron chi connectivity index (χ2n) is 4.63. The van der Waals surface area contributed by atoms with Gasteiger partial charge < -0.3 is 9.84 Å². The third-order valence-electron chi connectivity index (χ3n) is 3.13. The number of ether oxygens (including phenoxy) is 1. The lowest BCUT2D eigenvalue weighted by molar-refractivity contribution is -0.142. The Morgan fingerprint density at radius 1 is 1.47 bits per heavy atom. The highest BCUT2D eigenvalue weighted by Crippen LogP contribution is 2.18. The van der Waals surface area contributed by atoms with Crippen molar-refractivity contribution in [1.82, 2.24) is 9.03 Å². The number of aliphatic carboxylic acids is 1. The van der Waals surface area contributed by atoms with Crippen LogP contribution in [0.5, 0.6) is 0 Å². The lowest BCUT2D eigenvalue weighted by atomic mass is 10.0. The number of hydrogen-bond donors (Lipinski definition) is 2. The Bertz CT molecular complexity index is 385. The maximum absolute atomic E-state index is 12.0. The van der Waals surface area contributed by atoms with Crippen LogP contribution in [0.1, 0.15) is 25.7 Å². The smallest absolute Gasteiger partial charge is 0.307 e. The first-order chi connectivity index (χ1) is 8.97. The van der Waals surface area contributed by atoms with E-state index in [1.54, 1.807) is 7.11 Å². The number of methoxy groups -OCH3 is 1. The number of nitrogens with one attached hydrogen (secondary N) is 1. The second kappa shape index (κ2) is 7.78. The van der Waals surface area contributed by atoms with Crippen LogP contribution < -0.4 is 4.72 Å². The van der Waals surface area contributed by atoms with Crippen molar-refractivity contribution < 1.29 is 23.1 Å². The molecule has 8 heteroatoms. The van der Waals surface area contributed by atoms with Crippen LogP contribution in [0.2, 0.25) is 0 Å². The van der Waals surface area contributed by atoms with Gasteiger partial charge in [-0.2, -0.15) is 12.7 Å². The third-order valence-corrected chi connectivity index (χ3v) is 4.71. The summed E-state index contributed by atoms with van der Waals surface area (Å²) < 4.78 is 32.6. The van der Waals surface area contributed by atoms with Crippen molar-refractivity contribution >= 4 is 16.2 Å². The van der Waals surface area contributed by atoms with Crippen LogP contribution in [0.4, 0.5) is 0 Å². The quantitative estimate of drug-likeness (QED) is 0.616. The first-order valence-corrected chi connectivity index (χ1v) is 7.88. The maximum atomic E-state index is 12.0. The van der Waals surface area contributed by atoms with Crippen LogP contribution in [0, 0.1) is 5.92 Å². The topological polar surface area (TPSA) is 95.9 Å². The molecule has 0 aromatic heterocycles. The molecule has 0 aromatic rings. The van der Waals surface area contributed by atoms with E-state index in [0.717, 1.165) is 6.42 Å². The van der Waals surface area contributed by atoms with Gasteiger partial charge in [0.1, 0.15) is 0 Å². The first kappa shape index (κ1) is 16.4. The standard InChI is InChI=1S/C11H22N2O5S/c1-18-8-3-2-6-12-19(16,17)13-7-4-5-10(9-13)11(14)15/h10,12H,2-9H2,1H3,(H,14,15). The molecule has 2 N–H and O–H groups in total. The lowest BCUT2D eigenvalue weighted by Gasteiger charge is -2.29. The molecule has 19 heavy (non-hydrogen) atoms. The number of piperidine rings is 1. The van der Waals surface area contributed by atoms with Crippen LogP contribution >= 0.6 is 0 Å². The molecule has 1 atom stereocenters. The van der Waals surface area contributed by atoms with Gasteiger partial charge in [0.05, 0.1) is 5.92 Å². The Morgan fingerprint density at radius 3 is 2.84 bits per heavy atom. The number of rotatable bonds is 8. The number of carboxylic acid groups (broad SMARTS) is 1. The first-order valence-electron chi connectivity index (χ1n) is 6.44. The molecule has 1 heterocycles. The van der Waals surface area contributed by atoms with E-state index in [-0.39, 0.29) is 6.54 Å². The summed E-state index contributed by atoms with van der Waals surface area (Å²) in [6.07, 6.45) is 2.61. The van der Waals surface area contributed by atoms with Crippen molar-refractivity contribution in [3.8, 4) is 0 Å². The van der Waals surface area contributed by atoms with Gasteiger partial charge in [0, 0.05) is 33.4 Å². The molecular weight excluding hydrogens is 272 g/mol. The number of unbranched alkanes of at least 4 members (excludes halogenated alkanes) is 1. The molecule has 0 aromatic carbocycles. The predicted molar refractivity (Wildman–Crippen MR) is 70.0 cm³/mol. The number of nitrogens with zero attached hydrogens (tertiary/aromatic N) is 1. The maximum Gasteiger partial charge on any atom is 0.307 e. The van der Waals surface area contributed by atoms with Gasteiger partial charge in [0.2, 0.25) is 0 Å². The van der Waals surface area contributed by atoms with E-state index in [1.165, 1.54) is 4.31 Å². The largest absolute Gasteiger partial charge is 0.481 e. The monoisotopic (exact) mass is 294 g/mol. The van der Waals surface area contributed by atoms with Gasteiger partial charge in [-0.3, -0.25) is 4.79 Å². The summed E-state index contributed by atoms with van der Waals surface area (Å²) >= 11 is 0. The molecule has 1 saturated heterocycles. The Hall–Kier alpha value is -0.700. The SMILES string of the molecule is COCCCCNS(=O)(=O)N1CCCC(C(=O)O)C1. The molecule has 1 unspecified atom stereocenters. The molecule has 1 aliphatic heterocycles. The molecule has 0 amide bonds. The average Bonchev–Trinajstić information content (AvgIpc) is 2.38. The molecule has 112 valence electrons. The van der Waals surface area contributed by atoms with Gasteiger partial charge >= 0.3 is 5.97 Å². The fourth-order valence-corrected chi connectivity index (χ4v) is 3.36. The van der Waals surface area contributed by atoms with E-state index >= 15 is 0 Å². The summed E-state index contributed by atoms with van der Waals surface area (Å²) in [5.41, 5.74) is 0. The van der Waals surface area contributed by atoms with Crippen LogP contribution in [0.15, 0.2) is 0 Å². The fourth-order valence-electron chi connectivity index (χ4n) is 2.03. The summed E-state index contributed by atoms with van der Waals surface area (Å²) in [7, 11) is -1.96. The Kier molecular flexibility index (Phi) is 6.70. The minimum Gasteiger partial charge on any atom is -0.481 e. The molecule has 0 bridgehead atoms. The molecule has 0 aliphatic carbocycles. The molecule has 7 nitrogen and oxygen atoms in total. The van der Waals surface area contributed by atoms with Gasteiger partial charge in [0.15, 0.2) is 0 Å². The van der Waals surface area contributed by atoms with Crippen molar-refractivity contribution in [2.24, 2.45) is 5.92 Å². The van der Waals surface area contributed by atoms with Gasteiger partial charge in [-0.15, -0.1) is 0 Å². The van der Waals surface area contributed by atoms with Crippen molar-refractivity contribution in [3.63, 3.8) is 0 Å². The zero-order valence-corrected chi connectivity index (χ0v) is 12.0. The van der Waals surface area contributed by atoms with Crippen molar-refractivity contribution in [2.45, 2.75) is 25.7 Å². The molecule has 1 aliphatic rings. The number of carboxylic acids is 1. The molecule has 1 rings (SSSR count). The van der Waals surface area contributed by atoms with E-state index in [2.05, 4.69) is 4.72 Å². The molecule has 0 saturated carbocycles. The van der Waals surface area contributed by atoms with Crippen LogP contribution in [-0.4, -0.2) is 57.1 Å². The fraction of sp³-hybridized carbons (Fsp3) is 0.909. The summed E-state index contributed by atoms with van der Waals surface area (Å²) in [4.78, 5) is 10.9. The summed E-state index contributed by atoms with van der Waals surface area (Å²) in [5, 5.41) is 8.94. The summed E-state index contributed by atoms with van der Waals surface area (Å²) in [5.74, 6) is -1.53. The zero-order valence-electron chi connectivity index (χ0n) is 11.2. The normalized spacial score (nSPS) is 21.4. The third kappa shape index (κ3) is 5.43. The van der Waals surface area contributed by atoms with Crippen LogP contribution in [0.3, 0.4) is 0 Å². The van der Waals surface area contributed by atoms with E-state index in [9.17, 15) is 13.2 Å². The van der Waals surface area contributed by atoms with Gasteiger partial charge in [-0.05, 0) is 25.7 Å². The minimum absolute atomic E-state index is 0.0583. The van der Waals surface area contributed by atoms with E-state index in [0.29, 0.717) is 39.0 Å². The highest BCUT2D eigenvalue weighted by Gasteiger charge is 2.31.